The molecule has 3 nitrogen and oxygen atoms in total. The molecule has 2 N–H and O–H groups in total. The van der Waals surface area contributed by atoms with Crippen molar-refractivity contribution in [1.82, 2.24) is 0 Å². The quantitative estimate of drug-likeness (QED) is 0.882. The van der Waals surface area contributed by atoms with E-state index in [9.17, 15) is 4.79 Å². The van der Waals surface area contributed by atoms with Crippen molar-refractivity contribution in [2.45, 2.75) is 27.2 Å². The van der Waals surface area contributed by atoms with Crippen LogP contribution in [0.1, 0.15) is 22.3 Å². The summed E-state index contributed by atoms with van der Waals surface area (Å²) in [6.07, 6.45) is 0.0227. The Morgan fingerprint density at radius 3 is 2.20 bits per heavy atom. The van der Waals surface area contributed by atoms with Crippen LogP contribution in [0.5, 0.6) is 0 Å². The summed E-state index contributed by atoms with van der Waals surface area (Å²) in [6.45, 7) is 6.06. The van der Waals surface area contributed by atoms with Gasteiger partial charge in [-0.3, -0.25) is 4.79 Å². The second-order valence-electron chi connectivity index (χ2n) is 5.17. The summed E-state index contributed by atoms with van der Waals surface area (Å²) in [6, 6.07) is 12.0. The maximum Gasteiger partial charge on any atom is 0.307 e. The molecular formula is C17H19NO2. The summed E-state index contributed by atoms with van der Waals surface area (Å²) in [4.78, 5) is 11.0. The highest BCUT2D eigenvalue weighted by molar-refractivity contribution is 5.75. The smallest absolute Gasteiger partial charge is 0.307 e. The van der Waals surface area contributed by atoms with Crippen molar-refractivity contribution in [3.05, 3.63) is 58.7 Å². The summed E-state index contributed by atoms with van der Waals surface area (Å²) in [5, 5.41) is 12.3. The molecule has 0 radical (unpaired) electrons. The second-order valence-corrected chi connectivity index (χ2v) is 5.17. The van der Waals surface area contributed by atoms with Gasteiger partial charge in [-0.2, -0.15) is 0 Å². The van der Waals surface area contributed by atoms with Gasteiger partial charge < -0.3 is 10.4 Å². The molecule has 2 rings (SSSR count). The number of carboxylic acids is 1. The van der Waals surface area contributed by atoms with E-state index in [1.54, 1.807) is 0 Å². The van der Waals surface area contributed by atoms with Gasteiger partial charge in [-0.25, -0.2) is 0 Å². The standard InChI is InChI=1S/C17H19NO2/c1-11-4-6-15(13(3)8-11)18-16-7-5-12(2)9-14(16)10-17(19)20/h4-9,18H,10H2,1-3H3,(H,19,20). The number of aryl methyl sites for hydroxylation is 3. The number of benzene rings is 2. The molecule has 104 valence electrons. The molecule has 0 amide bonds. The first kappa shape index (κ1) is 14.1. The van der Waals surface area contributed by atoms with Crippen molar-refractivity contribution in [2.75, 3.05) is 5.32 Å². The first-order valence-electron chi connectivity index (χ1n) is 6.61. The van der Waals surface area contributed by atoms with Gasteiger partial charge in [0, 0.05) is 11.4 Å². The van der Waals surface area contributed by atoms with Crippen molar-refractivity contribution in [2.24, 2.45) is 0 Å². The number of rotatable bonds is 4. The third kappa shape index (κ3) is 3.38. The van der Waals surface area contributed by atoms with Gasteiger partial charge >= 0.3 is 5.97 Å². The van der Waals surface area contributed by atoms with Gasteiger partial charge in [0.05, 0.1) is 6.42 Å². The summed E-state index contributed by atoms with van der Waals surface area (Å²) in [5.74, 6) is -0.820. The fourth-order valence-electron chi connectivity index (χ4n) is 2.25. The molecule has 0 aliphatic rings. The van der Waals surface area contributed by atoms with Crippen molar-refractivity contribution >= 4 is 17.3 Å². The number of carboxylic acid groups (broad SMARTS) is 1. The van der Waals surface area contributed by atoms with Gasteiger partial charge in [0.25, 0.3) is 0 Å². The molecule has 2 aromatic rings. The van der Waals surface area contributed by atoms with E-state index in [0.29, 0.717) is 0 Å². The number of hydrogen-bond donors (Lipinski definition) is 2. The molecule has 0 atom stereocenters. The van der Waals surface area contributed by atoms with Crippen LogP contribution in [0.15, 0.2) is 36.4 Å². The molecule has 0 saturated carbocycles. The lowest BCUT2D eigenvalue weighted by Crippen LogP contribution is -2.04. The number of nitrogens with one attached hydrogen (secondary N) is 1. The third-order valence-corrected chi connectivity index (χ3v) is 3.25. The van der Waals surface area contributed by atoms with Gasteiger partial charge in [-0.15, -0.1) is 0 Å². The highest BCUT2D eigenvalue weighted by Crippen LogP contribution is 2.25. The molecule has 0 fully saturated rings. The third-order valence-electron chi connectivity index (χ3n) is 3.25. The first-order valence-corrected chi connectivity index (χ1v) is 6.61. The van der Waals surface area contributed by atoms with Crippen LogP contribution in [0.3, 0.4) is 0 Å². The molecule has 2 aromatic carbocycles. The monoisotopic (exact) mass is 269 g/mol. The van der Waals surface area contributed by atoms with Crippen molar-refractivity contribution in [1.29, 1.82) is 0 Å². The highest BCUT2D eigenvalue weighted by Gasteiger charge is 2.08. The van der Waals surface area contributed by atoms with Crippen LogP contribution in [-0.2, 0) is 11.2 Å². The number of anilines is 2. The van der Waals surface area contributed by atoms with Gasteiger partial charge in [-0.05, 0) is 44.0 Å². The van der Waals surface area contributed by atoms with Gasteiger partial charge in [0.1, 0.15) is 0 Å². The van der Waals surface area contributed by atoms with Gasteiger partial charge in [0.15, 0.2) is 0 Å². The van der Waals surface area contributed by atoms with Crippen molar-refractivity contribution in [3.63, 3.8) is 0 Å². The zero-order chi connectivity index (χ0) is 14.7. The van der Waals surface area contributed by atoms with Crippen molar-refractivity contribution < 1.29 is 9.90 Å². The van der Waals surface area contributed by atoms with E-state index in [-0.39, 0.29) is 6.42 Å². The Labute approximate surface area is 119 Å². The Morgan fingerprint density at radius 1 is 1.00 bits per heavy atom. The molecule has 0 spiro atoms. The van der Waals surface area contributed by atoms with Gasteiger partial charge in [0.2, 0.25) is 0 Å². The zero-order valence-corrected chi connectivity index (χ0v) is 12.0. The number of aliphatic carboxylic acids is 1. The van der Waals surface area contributed by atoms with Crippen LogP contribution in [0.4, 0.5) is 11.4 Å². The van der Waals surface area contributed by atoms with E-state index in [1.807, 2.05) is 44.2 Å². The maximum absolute atomic E-state index is 11.0. The van der Waals surface area contributed by atoms with Crippen LogP contribution in [0.25, 0.3) is 0 Å². The van der Waals surface area contributed by atoms with E-state index in [1.165, 1.54) is 5.56 Å². The van der Waals surface area contributed by atoms with Crippen LogP contribution in [0, 0.1) is 20.8 Å². The minimum absolute atomic E-state index is 0.0227. The molecule has 0 heterocycles. The van der Waals surface area contributed by atoms with E-state index < -0.39 is 5.97 Å². The summed E-state index contributed by atoms with van der Waals surface area (Å²) in [5.41, 5.74) is 6.08. The average Bonchev–Trinajstić information content (AvgIpc) is 2.34. The molecule has 0 aliphatic heterocycles. The number of hydrogen-bond acceptors (Lipinski definition) is 2. The maximum atomic E-state index is 11.0. The second kappa shape index (κ2) is 5.78. The van der Waals surface area contributed by atoms with Crippen LogP contribution in [-0.4, -0.2) is 11.1 Å². The zero-order valence-electron chi connectivity index (χ0n) is 12.0. The van der Waals surface area contributed by atoms with Crippen molar-refractivity contribution in [3.8, 4) is 0 Å². The summed E-state index contributed by atoms with van der Waals surface area (Å²) < 4.78 is 0. The summed E-state index contributed by atoms with van der Waals surface area (Å²) in [7, 11) is 0. The lowest BCUT2D eigenvalue weighted by Gasteiger charge is -2.14. The average molecular weight is 269 g/mol. The van der Waals surface area contributed by atoms with Gasteiger partial charge in [-0.1, -0.05) is 35.4 Å². The minimum atomic E-state index is -0.820. The molecule has 3 heteroatoms. The number of carbonyl (C=O) groups is 1. The predicted molar refractivity (Wildman–Crippen MR) is 81.7 cm³/mol. The lowest BCUT2D eigenvalue weighted by atomic mass is 10.0. The predicted octanol–water partition coefficient (Wildman–Crippen LogP) is 3.98. The normalized spacial score (nSPS) is 10.3. The van der Waals surface area contributed by atoms with E-state index in [0.717, 1.165) is 28.1 Å². The Hall–Kier alpha value is -2.29. The molecule has 0 saturated heterocycles. The van der Waals surface area contributed by atoms with Crippen LogP contribution < -0.4 is 5.32 Å². The molecule has 0 aromatic heterocycles. The largest absolute Gasteiger partial charge is 0.481 e. The molecule has 20 heavy (non-hydrogen) atoms. The highest BCUT2D eigenvalue weighted by atomic mass is 16.4. The Bertz CT molecular complexity index is 647. The molecule has 0 unspecified atom stereocenters. The van der Waals surface area contributed by atoms with Crippen LogP contribution in [0.2, 0.25) is 0 Å². The topological polar surface area (TPSA) is 49.3 Å². The minimum Gasteiger partial charge on any atom is -0.481 e. The fourth-order valence-corrected chi connectivity index (χ4v) is 2.25. The van der Waals surface area contributed by atoms with E-state index in [4.69, 9.17) is 5.11 Å². The molecule has 0 bridgehead atoms. The SMILES string of the molecule is Cc1ccc(Nc2ccc(C)cc2CC(=O)O)c(C)c1. The Balaban J connectivity index is 2.35. The fraction of sp³-hybridized carbons (Fsp3) is 0.235. The first-order chi connectivity index (χ1) is 9.45. The van der Waals surface area contributed by atoms with E-state index in [2.05, 4.69) is 18.3 Å². The van der Waals surface area contributed by atoms with E-state index >= 15 is 0 Å². The molecule has 0 aliphatic carbocycles. The van der Waals surface area contributed by atoms with Crippen LogP contribution >= 0.6 is 0 Å². The summed E-state index contributed by atoms with van der Waals surface area (Å²) >= 11 is 0. The Kier molecular flexibility index (Phi) is 4.08. The Morgan fingerprint density at radius 2 is 1.60 bits per heavy atom. The lowest BCUT2D eigenvalue weighted by molar-refractivity contribution is -0.136. The molecular weight excluding hydrogens is 250 g/mol.